The molecule has 1 amide bonds. The van der Waals surface area contributed by atoms with E-state index in [9.17, 15) is 9.90 Å². The van der Waals surface area contributed by atoms with Crippen molar-refractivity contribution in [3.63, 3.8) is 0 Å². The van der Waals surface area contributed by atoms with Crippen LogP contribution in [0.2, 0.25) is 0 Å². The fourth-order valence-corrected chi connectivity index (χ4v) is 3.00. The Hall–Kier alpha value is -3.13. The minimum atomic E-state index is -0.756. The molecule has 0 bridgehead atoms. The number of fused-ring (bicyclic) bond motifs is 1. The van der Waals surface area contributed by atoms with Gasteiger partial charge in [-0.05, 0) is 42.2 Å². The number of hydrogen-bond acceptors (Lipinski definition) is 6. The van der Waals surface area contributed by atoms with Gasteiger partial charge in [0.1, 0.15) is 6.10 Å². The molecule has 8 heteroatoms. The highest BCUT2D eigenvalue weighted by atomic mass is 16.5. The number of aliphatic hydroxyl groups is 1. The Morgan fingerprint density at radius 3 is 2.59 bits per heavy atom. The highest BCUT2D eigenvalue weighted by Gasteiger charge is 2.19. The lowest BCUT2D eigenvalue weighted by Gasteiger charge is -2.13. The van der Waals surface area contributed by atoms with Gasteiger partial charge in [-0.15, -0.1) is 10.2 Å². The van der Waals surface area contributed by atoms with Gasteiger partial charge in [0, 0.05) is 12.7 Å². The quantitative estimate of drug-likeness (QED) is 0.605. The fraction of sp³-hybridized carbons (Fsp3) is 0.381. The van der Waals surface area contributed by atoms with Gasteiger partial charge in [-0.2, -0.15) is 0 Å². The van der Waals surface area contributed by atoms with E-state index in [4.69, 9.17) is 9.47 Å². The number of pyridine rings is 1. The number of amides is 1. The zero-order valence-corrected chi connectivity index (χ0v) is 17.0. The summed E-state index contributed by atoms with van der Waals surface area (Å²) in [4.78, 5) is 12.6. The first-order valence-corrected chi connectivity index (χ1v) is 9.46. The Morgan fingerprint density at radius 2 is 1.90 bits per heavy atom. The van der Waals surface area contributed by atoms with Gasteiger partial charge in [0.2, 0.25) is 0 Å². The van der Waals surface area contributed by atoms with Crippen LogP contribution in [0.25, 0.3) is 5.65 Å². The highest BCUT2D eigenvalue weighted by Crippen LogP contribution is 2.27. The molecule has 1 unspecified atom stereocenters. The minimum absolute atomic E-state index is 0.0126. The number of rotatable bonds is 8. The number of carbonyl (C=O) groups excluding carboxylic acids is 1. The second-order valence-electron chi connectivity index (χ2n) is 7.09. The maximum Gasteiger partial charge on any atom is 0.252 e. The van der Waals surface area contributed by atoms with Crippen LogP contribution in [0.15, 0.2) is 36.5 Å². The normalized spacial score (nSPS) is 12.2. The fourth-order valence-electron chi connectivity index (χ4n) is 3.00. The second kappa shape index (κ2) is 8.91. The van der Waals surface area contributed by atoms with Crippen molar-refractivity contribution in [3.05, 3.63) is 53.5 Å². The summed E-state index contributed by atoms with van der Waals surface area (Å²) in [6, 6.07) is 9.09. The summed E-state index contributed by atoms with van der Waals surface area (Å²) in [6.07, 6.45) is 1.55. The molecule has 0 saturated heterocycles. The van der Waals surface area contributed by atoms with Gasteiger partial charge in [0.05, 0.1) is 19.8 Å². The number of hydrogen-bond donors (Lipinski definition) is 2. The molecule has 0 aliphatic heterocycles. The Labute approximate surface area is 169 Å². The van der Waals surface area contributed by atoms with Crippen molar-refractivity contribution < 1.29 is 19.4 Å². The summed E-state index contributed by atoms with van der Waals surface area (Å²) in [7, 11) is 3.19. The number of aliphatic hydroxyl groups excluding tert-OH is 1. The van der Waals surface area contributed by atoms with E-state index in [1.165, 1.54) is 0 Å². The maximum absolute atomic E-state index is 12.6. The van der Waals surface area contributed by atoms with E-state index < -0.39 is 6.10 Å². The van der Waals surface area contributed by atoms with Crippen LogP contribution in [0, 0.1) is 5.92 Å². The molecule has 1 aromatic carbocycles. The van der Waals surface area contributed by atoms with Crippen molar-refractivity contribution >= 4 is 11.6 Å². The largest absolute Gasteiger partial charge is 0.493 e. The Morgan fingerprint density at radius 1 is 1.14 bits per heavy atom. The molecule has 0 spiro atoms. The molecule has 2 aromatic heterocycles. The van der Waals surface area contributed by atoms with Crippen molar-refractivity contribution in [2.45, 2.75) is 26.4 Å². The van der Waals surface area contributed by atoms with Crippen molar-refractivity contribution in [3.8, 4) is 11.5 Å². The molecule has 29 heavy (non-hydrogen) atoms. The predicted molar refractivity (Wildman–Crippen MR) is 108 cm³/mol. The maximum atomic E-state index is 12.6. The second-order valence-corrected chi connectivity index (χ2v) is 7.09. The molecule has 2 heterocycles. The summed E-state index contributed by atoms with van der Waals surface area (Å²) in [5.41, 5.74) is 2.09. The molecular formula is C21H26N4O4. The number of nitrogens with one attached hydrogen (secondary N) is 1. The third-order valence-electron chi connectivity index (χ3n) is 4.73. The molecule has 3 rings (SSSR count). The first-order valence-electron chi connectivity index (χ1n) is 9.46. The molecule has 0 aliphatic carbocycles. The molecule has 0 fully saturated rings. The number of methoxy groups -OCH3 is 2. The van der Waals surface area contributed by atoms with Gasteiger partial charge < -0.3 is 19.9 Å². The van der Waals surface area contributed by atoms with Crippen molar-refractivity contribution in [1.29, 1.82) is 0 Å². The van der Waals surface area contributed by atoms with Gasteiger partial charge in [-0.25, -0.2) is 0 Å². The zero-order valence-electron chi connectivity index (χ0n) is 17.0. The molecule has 2 N–H and O–H groups in total. The number of benzene rings is 1. The number of aromatic nitrogens is 3. The van der Waals surface area contributed by atoms with Gasteiger partial charge in [-0.3, -0.25) is 9.20 Å². The van der Waals surface area contributed by atoms with Crippen LogP contribution in [0.4, 0.5) is 0 Å². The Bertz CT molecular complexity index is 1000. The van der Waals surface area contributed by atoms with Crippen LogP contribution in [0.5, 0.6) is 11.5 Å². The molecule has 8 nitrogen and oxygen atoms in total. The number of nitrogens with zero attached hydrogens (tertiary/aromatic N) is 3. The van der Waals surface area contributed by atoms with Gasteiger partial charge >= 0.3 is 0 Å². The van der Waals surface area contributed by atoms with E-state index >= 15 is 0 Å². The first kappa shape index (κ1) is 20.6. The van der Waals surface area contributed by atoms with Gasteiger partial charge in [0.15, 0.2) is 23.0 Å². The minimum Gasteiger partial charge on any atom is -0.493 e. The van der Waals surface area contributed by atoms with E-state index in [1.807, 2.05) is 32.0 Å². The van der Waals surface area contributed by atoms with Crippen LogP contribution in [0.3, 0.4) is 0 Å². The lowest BCUT2D eigenvalue weighted by molar-refractivity contribution is 0.0953. The first-order chi connectivity index (χ1) is 13.9. The highest BCUT2D eigenvalue weighted by molar-refractivity contribution is 5.94. The monoisotopic (exact) mass is 398 g/mol. The average molecular weight is 398 g/mol. The molecule has 154 valence electrons. The third-order valence-corrected chi connectivity index (χ3v) is 4.73. The summed E-state index contributed by atoms with van der Waals surface area (Å²) in [5, 5.41) is 21.3. The van der Waals surface area contributed by atoms with E-state index in [0.29, 0.717) is 41.5 Å². The van der Waals surface area contributed by atoms with Gasteiger partial charge in [-0.1, -0.05) is 19.9 Å². The summed E-state index contributed by atoms with van der Waals surface area (Å²) < 4.78 is 12.2. The molecular weight excluding hydrogens is 372 g/mol. The molecule has 0 aliphatic rings. The van der Waals surface area contributed by atoms with Crippen LogP contribution in [0.1, 0.15) is 41.7 Å². The Kier molecular flexibility index (Phi) is 6.33. The summed E-state index contributed by atoms with van der Waals surface area (Å²) in [5.74, 6) is 1.54. The average Bonchev–Trinajstić information content (AvgIpc) is 3.15. The van der Waals surface area contributed by atoms with E-state index in [-0.39, 0.29) is 11.8 Å². The molecule has 3 aromatic rings. The molecule has 0 saturated carbocycles. The SMILES string of the molecule is COc1ccc(CCNC(=O)c2ccc3nnc(C(O)C(C)C)n3c2)cc1OC. The van der Waals surface area contributed by atoms with Crippen LogP contribution >= 0.6 is 0 Å². The third kappa shape index (κ3) is 4.48. The lowest BCUT2D eigenvalue weighted by Crippen LogP contribution is -2.26. The zero-order chi connectivity index (χ0) is 21.0. The molecule has 1 atom stereocenters. The molecule has 0 radical (unpaired) electrons. The number of carbonyl (C=O) groups is 1. The van der Waals surface area contributed by atoms with E-state index in [1.54, 1.807) is 36.9 Å². The van der Waals surface area contributed by atoms with Crippen molar-refractivity contribution in [2.75, 3.05) is 20.8 Å². The predicted octanol–water partition coefficient (Wildman–Crippen LogP) is 2.41. The van der Waals surface area contributed by atoms with Crippen LogP contribution in [-0.2, 0) is 6.42 Å². The topological polar surface area (TPSA) is 98.0 Å². The van der Waals surface area contributed by atoms with Crippen LogP contribution in [-0.4, -0.2) is 46.4 Å². The lowest BCUT2D eigenvalue weighted by atomic mass is 10.1. The standard InChI is InChI=1S/C21H26N4O4/c1-13(2)19(26)20-24-23-18-8-6-15(12-25(18)20)21(27)22-10-9-14-5-7-16(28-3)17(11-14)29-4/h5-8,11-13,19,26H,9-10H2,1-4H3,(H,22,27). The van der Waals surface area contributed by atoms with Gasteiger partial charge in [0.25, 0.3) is 5.91 Å². The summed E-state index contributed by atoms with van der Waals surface area (Å²) >= 11 is 0. The smallest absolute Gasteiger partial charge is 0.252 e. The Balaban J connectivity index is 1.68. The number of ether oxygens (including phenoxy) is 2. The van der Waals surface area contributed by atoms with E-state index in [2.05, 4.69) is 15.5 Å². The summed E-state index contributed by atoms with van der Waals surface area (Å²) in [6.45, 7) is 4.27. The van der Waals surface area contributed by atoms with Crippen molar-refractivity contribution in [1.82, 2.24) is 19.9 Å². The van der Waals surface area contributed by atoms with Crippen LogP contribution < -0.4 is 14.8 Å². The van der Waals surface area contributed by atoms with Crippen molar-refractivity contribution in [2.24, 2.45) is 5.92 Å². The van der Waals surface area contributed by atoms with E-state index in [0.717, 1.165) is 5.56 Å².